The number of aliphatic carboxylic acids is 1. The molecule has 10 heavy (non-hydrogen) atoms. The van der Waals surface area contributed by atoms with E-state index in [1.54, 1.807) is 0 Å². The second kappa shape index (κ2) is 2.26. The molecule has 2 nitrogen and oxygen atoms in total. The van der Waals surface area contributed by atoms with E-state index in [1.807, 2.05) is 0 Å². The van der Waals surface area contributed by atoms with Crippen molar-refractivity contribution < 1.29 is 9.90 Å². The molecule has 2 heteroatoms. The summed E-state index contributed by atoms with van der Waals surface area (Å²) in [5.74, 6) is -0.309. The van der Waals surface area contributed by atoms with Crippen LogP contribution in [0.2, 0.25) is 0 Å². The first kappa shape index (κ1) is 7.58. The van der Waals surface area contributed by atoms with Crippen molar-refractivity contribution in [1.29, 1.82) is 0 Å². The molecule has 57 valence electrons. The van der Waals surface area contributed by atoms with Gasteiger partial charge in [0.2, 0.25) is 0 Å². The van der Waals surface area contributed by atoms with Gasteiger partial charge >= 0.3 is 5.97 Å². The van der Waals surface area contributed by atoms with Crippen LogP contribution in [0.3, 0.4) is 0 Å². The normalized spacial score (nSPS) is 29.2. The van der Waals surface area contributed by atoms with Gasteiger partial charge in [0.25, 0.3) is 0 Å². The third kappa shape index (κ3) is 1.31. The lowest BCUT2D eigenvalue weighted by Gasteiger charge is -2.43. The van der Waals surface area contributed by atoms with E-state index in [0.717, 1.165) is 6.42 Å². The fourth-order valence-electron chi connectivity index (χ4n) is 1.31. The number of carbonyl (C=O) groups is 1. The first-order valence-corrected chi connectivity index (χ1v) is 3.58. The largest absolute Gasteiger partial charge is 0.481 e. The van der Waals surface area contributed by atoms with Crippen LogP contribution in [0.15, 0.2) is 0 Å². The summed E-state index contributed by atoms with van der Waals surface area (Å²) in [4.78, 5) is 10.3. The first-order chi connectivity index (χ1) is 4.52. The van der Waals surface area contributed by atoms with Gasteiger partial charge in [-0.25, -0.2) is 0 Å². The molecule has 0 amide bonds. The predicted octanol–water partition coefficient (Wildman–Crippen LogP) is 1.71. The van der Waals surface area contributed by atoms with Crippen molar-refractivity contribution in [3.8, 4) is 0 Å². The Kier molecular flexibility index (Phi) is 1.71. The molecule has 0 bridgehead atoms. The molecule has 1 saturated carbocycles. The minimum Gasteiger partial charge on any atom is -0.481 e. The molecule has 0 heterocycles. The maximum atomic E-state index is 10.3. The van der Waals surface area contributed by atoms with Crippen LogP contribution in [0.1, 0.15) is 26.7 Å². The molecule has 1 radical (unpaired) electrons. The second-order valence-electron chi connectivity index (χ2n) is 3.56. The van der Waals surface area contributed by atoms with Crippen molar-refractivity contribution >= 4 is 5.97 Å². The summed E-state index contributed by atoms with van der Waals surface area (Å²) in [6.45, 7) is 4.17. The topological polar surface area (TPSA) is 37.3 Å². The Labute approximate surface area is 61.2 Å². The smallest absolute Gasteiger partial charge is 0.303 e. The van der Waals surface area contributed by atoms with Gasteiger partial charge in [-0.1, -0.05) is 13.8 Å². The highest BCUT2D eigenvalue weighted by Crippen LogP contribution is 2.46. The Bertz CT molecular complexity index is 149. The van der Waals surface area contributed by atoms with Crippen LogP contribution in [0.4, 0.5) is 0 Å². The third-order valence-corrected chi connectivity index (χ3v) is 2.40. The van der Waals surface area contributed by atoms with E-state index in [9.17, 15) is 4.79 Å². The molecule has 1 aliphatic rings. The molecule has 1 aliphatic carbocycles. The molecule has 0 aliphatic heterocycles. The van der Waals surface area contributed by atoms with Gasteiger partial charge in [-0.2, -0.15) is 0 Å². The number of hydrogen-bond acceptors (Lipinski definition) is 1. The average Bonchev–Trinajstić information content (AvgIpc) is 1.81. The van der Waals surface area contributed by atoms with Crippen molar-refractivity contribution in [1.82, 2.24) is 0 Å². The van der Waals surface area contributed by atoms with Crippen molar-refractivity contribution in [3.05, 3.63) is 6.42 Å². The SMILES string of the molecule is CC1(C)[CH]CC1CC(=O)O. The highest BCUT2D eigenvalue weighted by atomic mass is 16.4. The summed E-state index contributed by atoms with van der Waals surface area (Å²) >= 11 is 0. The van der Waals surface area contributed by atoms with Crippen LogP contribution in [0.5, 0.6) is 0 Å². The maximum absolute atomic E-state index is 10.3. The highest BCUT2D eigenvalue weighted by Gasteiger charge is 2.39. The van der Waals surface area contributed by atoms with Crippen LogP contribution in [-0.2, 0) is 4.79 Å². The Morgan fingerprint density at radius 2 is 2.40 bits per heavy atom. The van der Waals surface area contributed by atoms with E-state index in [0.29, 0.717) is 12.3 Å². The molecule has 1 unspecified atom stereocenters. The van der Waals surface area contributed by atoms with Crippen LogP contribution >= 0.6 is 0 Å². The van der Waals surface area contributed by atoms with Gasteiger partial charge < -0.3 is 5.11 Å². The van der Waals surface area contributed by atoms with Crippen LogP contribution in [0, 0.1) is 17.8 Å². The van der Waals surface area contributed by atoms with E-state index in [1.165, 1.54) is 0 Å². The summed E-state index contributed by atoms with van der Waals surface area (Å²) in [5, 5.41) is 8.47. The fraction of sp³-hybridized carbons (Fsp3) is 0.750. The van der Waals surface area contributed by atoms with E-state index >= 15 is 0 Å². The van der Waals surface area contributed by atoms with Crippen molar-refractivity contribution in [2.45, 2.75) is 26.7 Å². The summed E-state index contributed by atoms with van der Waals surface area (Å²) in [6, 6.07) is 0. The monoisotopic (exact) mass is 141 g/mol. The molecular weight excluding hydrogens is 128 g/mol. The zero-order valence-electron chi connectivity index (χ0n) is 6.42. The molecule has 0 aromatic carbocycles. The molecule has 1 atom stereocenters. The molecule has 1 N–H and O–H groups in total. The zero-order chi connectivity index (χ0) is 7.78. The lowest BCUT2D eigenvalue weighted by atomic mass is 9.61. The highest BCUT2D eigenvalue weighted by molar-refractivity contribution is 5.67. The maximum Gasteiger partial charge on any atom is 0.303 e. The summed E-state index contributed by atoms with van der Waals surface area (Å²) in [6.07, 6.45) is 3.48. The molecular formula is C8H13O2. The molecule has 1 fully saturated rings. The van der Waals surface area contributed by atoms with E-state index in [-0.39, 0.29) is 5.41 Å². The van der Waals surface area contributed by atoms with Gasteiger partial charge in [-0.15, -0.1) is 0 Å². The van der Waals surface area contributed by atoms with E-state index in [4.69, 9.17) is 5.11 Å². The van der Waals surface area contributed by atoms with Gasteiger partial charge in [-0.3, -0.25) is 4.79 Å². The van der Waals surface area contributed by atoms with Gasteiger partial charge in [0.1, 0.15) is 0 Å². The minimum absolute atomic E-state index is 0.165. The second-order valence-corrected chi connectivity index (χ2v) is 3.56. The van der Waals surface area contributed by atoms with E-state index < -0.39 is 5.97 Å². The third-order valence-electron chi connectivity index (χ3n) is 2.40. The van der Waals surface area contributed by atoms with Crippen molar-refractivity contribution in [2.24, 2.45) is 11.3 Å². The fourth-order valence-corrected chi connectivity index (χ4v) is 1.31. The summed E-state index contributed by atoms with van der Waals surface area (Å²) < 4.78 is 0. The number of carboxylic acids is 1. The lowest BCUT2D eigenvalue weighted by molar-refractivity contribution is -0.139. The molecule has 0 aromatic rings. The molecule has 1 rings (SSSR count). The van der Waals surface area contributed by atoms with Crippen molar-refractivity contribution in [2.75, 3.05) is 0 Å². The predicted molar refractivity (Wildman–Crippen MR) is 38.4 cm³/mol. The number of carboxylic acid groups (broad SMARTS) is 1. The van der Waals surface area contributed by atoms with Gasteiger partial charge in [0, 0.05) is 6.42 Å². The molecule has 0 aromatic heterocycles. The standard InChI is InChI=1S/C8H13O2/c1-8(2)4-3-6(8)5-7(9)10/h4,6H,3,5H2,1-2H3,(H,9,10). The quantitative estimate of drug-likeness (QED) is 0.635. The van der Waals surface area contributed by atoms with Gasteiger partial charge in [-0.05, 0) is 24.2 Å². The van der Waals surface area contributed by atoms with Crippen LogP contribution in [0.25, 0.3) is 0 Å². The number of rotatable bonds is 2. The van der Waals surface area contributed by atoms with Crippen LogP contribution in [-0.4, -0.2) is 11.1 Å². The average molecular weight is 141 g/mol. The van der Waals surface area contributed by atoms with E-state index in [2.05, 4.69) is 20.3 Å². The van der Waals surface area contributed by atoms with Crippen LogP contribution < -0.4 is 0 Å². The molecule has 0 saturated heterocycles. The molecule has 0 spiro atoms. The number of hydrogen-bond donors (Lipinski definition) is 1. The first-order valence-electron chi connectivity index (χ1n) is 3.58. The van der Waals surface area contributed by atoms with Crippen molar-refractivity contribution in [3.63, 3.8) is 0 Å². The Morgan fingerprint density at radius 3 is 2.50 bits per heavy atom. The summed E-state index contributed by atoms with van der Waals surface area (Å²) in [7, 11) is 0. The zero-order valence-corrected chi connectivity index (χ0v) is 6.42. The Morgan fingerprint density at radius 1 is 1.80 bits per heavy atom. The van der Waals surface area contributed by atoms with Gasteiger partial charge in [0.15, 0.2) is 0 Å². The summed E-state index contributed by atoms with van der Waals surface area (Å²) in [5.41, 5.74) is 0.165. The minimum atomic E-state index is -0.675. The Balaban J connectivity index is 2.37. The Hall–Kier alpha value is -0.530. The lowest BCUT2D eigenvalue weighted by Crippen LogP contribution is -2.36. The van der Waals surface area contributed by atoms with Gasteiger partial charge in [0.05, 0.1) is 0 Å².